The first-order chi connectivity index (χ1) is 24.3. The monoisotopic (exact) mass is 621 g/mol. The SMILES string of the molecule is N#Cc1c(-c2ccccc2-n2c3ccccc3c3ccccc32)ccc(-c2c3ccccc3c(-c3ccccc3)c3ccccc23)c1C#N. The topological polar surface area (TPSA) is 52.5 Å². The van der Waals surface area contributed by atoms with Crippen molar-refractivity contribution in [2.45, 2.75) is 0 Å². The molecular formula is C46H27N3. The number of nitriles is 2. The van der Waals surface area contributed by atoms with Gasteiger partial charge < -0.3 is 4.57 Å². The molecule has 0 radical (unpaired) electrons. The lowest BCUT2D eigenvalue weighted by Gasteiger charge is -2.20. The molecule has 0 fully saturated rings. The third-order valence-corrected chi connectivity index (χ3v) is 9.71. The van der Waals surface area contributed by atoms with Crippen LogP contribution in [0.3, 0.4) is 0 Å². The summed E-state index contributed by atoms with van der Waals surface area (Å²) in [6.07, 6.45) is 0. The summed E-state index contributed by atoms with van der Waals surface area (Å²) in [7, 11) is 0. The van der Waals surface area contributed by atoms with Gasteiger partial charge in [0.15, 0.2) is 0 Å². The number of para-hydroxylation sites is 3. The fourth-order valence-corrected chi connectivity index (χ4v) is 7.68. The summed E-state index contributed by atoms with van der Waals surface area (Å²) >= 11 is 0. The van der Waals surface area contributed by atoms with E-state index in [1.165, 1.54) is 10.8 Å². The molecule has 226 valence electrons. The molecule has 0 spiro atoms. The summed E-state index contributed by atoms with van der Waals surface area (Å²) in [6, 6.07) is 61.2. The second-order valence-corrected chi connectivity index (χ2v) is 12.2. The van der Waals surface area contributed by atoms with Crippen LogP contribution in [-0.4, -0.2) is 4.57 Å². The maximum atomic E-state index is 10.9. The van der Waals surface area contributed by atoms with Crippen molar-refractivity contribution < 1.29 is 0 Å². The smallest absolute Gasteiger partial charge is 0.101 e. The van der Waals surface area contributed by atoms with Crippen molar-refractivity contribution >= 4 is 43.4 Å². The lowest BCUT2D eigenvalue weighted by atomic mass is 9.83. The van der Waals surface area contributed by atoms with Crippen molar-refractivity contribution in [2.75, 3.05) is 0 Å². The van der Waals surface area contributed by atoms with Crippen LogP contribution in [0, 0.1) is 22.7 Å². The van der Waals surface area contributed by atoms with Crippen molar-refractivity contribution in [1.29, 1.82) is 10.5 Å². The molecule has 9 aromatic rings. The van der Waals surface area contributed by atoms with E-state index in [0.29, 0.717) is 11.1 Å². The van der Waals surface area contributed by atoms with Crippen LogP contribution in [0.25, 0.3) is 82.4 Å². The van der Waals surface area contributed by atoms with Gasteiger partial charge in [-0.05, 0) is 56.4 Å². The second kappa shape index (κ2) is 11.4. The molecular weight excluding hydrogens is 595 g/mol. The molecule has 0 aliphatic heterocycles. The molecule has 49 heavy (non-hydrogen) atoms. The molecule has 0 saturated carbocycles. The zero-order chi connectivity index (χ0) is 32.9. The highest BCUT2D eigenvalue weighted by Crippen LogP contribution is 2.46. The molecule has 0 aliphatic rings. The van der Waals surface area contributed by atoms with E-state index in [-0.39, 0.29) is 0 Å². The Kier molecular flexibility index (Phi) is 6.58. The van der Waals surface area contributed by atoms with Crippen molar-refractivity contribution in [3.63, 3.8) is 0 Å². The molecule has 1 heterocycles. The first-order valence-electron chi connectivity index (χ1n) is 16.3. The Labute approximate surface area is 283 Å². The van der Waals surface area contributed by atoms with Crippen LogP contribution in [0.15, 0.2) is 164 Å². The number of benzene rings is 8. The van der Waals surface area contributed by atoms with Gasteiger partial charge in [0.05, 0.1) is 27.8 Å². The first-order valence-corrected chi connectivity index (χ1v) is 16.3. The number of hydrogen-bond acceptors (Lipinski definition) is 2. The summed E-state index contributed by atoms with van der Waals surface area (Å²) in [5.41, 5.74) is 9.50. The van der Waals surface area contributed by atoms with E-state index in [1.54, 1.807) is 0 Å². The number of nitrogens with zero attached hydrogens (tertiary/aromatic N) is 3. The van der Waals surface area contributed by atoms with Gasteiger partial charge in [-0.1, -0.05) is 146 Å². The van der Waals surface area contributed by atoms with Crippen molar-refractivity contribution in [1.82, 2.24) is 4.57 Å². The molecule has 0 aliphatic carbocycles. The van der Waals surface area contributed by atoms with Gasteiger partial charge in [-0.25, -0.2) is 0 Å². The lowest BCUT2D eigenvalue weighted by molar-refractivity contribution is 1.18. The van der Waals surface area contributed by atoms with Gasteiger partial charge >= 0.3 is 0 Å². The van der Waals surface area contributed by atoms with Gasteiger partial charge in [0.1, 0.15) is 12.1 Å². The molecule has 0 N–H and O–H groups in total. The highest BCUT2D eigenvalue weighted by Gasteiger charge is 2.23. The Balaban J connectivity index is 1.34. The molecule has 0 atom stereocenters. The molecule has 0 saturated heterocycles. The maximum Gasteiger partial charge on any atom is 0.101 e. The van der Waals surface area contributed by atoms with E-state index in [4.69, 9.17) is 0 Å². The fourth-order valence-electron chi connectivity index (χ4n) is 7.68. The molecule has 1 aromatic heterocycles. The Hall–Kier alpha value is -6.94. The minimum absolute atomic E-state index is 0.369. The average molecular weight is 622 g/mol. The molecule has 0 bridgehead atoms. The second-order valence-electron chi connectivity index (χ2n) is 12.2. The Bertz CT molecular complexity index is 2740. The Morgan fingerprint density at radius 3 is 1.35 bits per heavy atom. The summed E-state index contributed by atoms with van der Waals surface area (Å²) < 4.78 is 2.27. The van der Waals surface area contributed by atoms with Crippen LogP contribution in [0.1, 0.15) is 11.1 Å². The van der Waals surface area contributed by atoms with E-state index >= 15 is 0 Å². The van der Waals surface area contributed by atoms with Gasteiger partial charge in [-0.3, -0.25) is 0 Å². The maximum absolute atomic E-state index is 10.9. The van der Waals surface area contributed by atoms with E-state index in [2.05, 4.69) is 138 Å². The zero-order valence-corrected chi connectivity index (χ0v) is 26.4. The largest absolute Gasteiger partial charge is 0.309 e. The highest BCUT2D eigenvalue weighted by molar-refractivity contribution is 6.22. The van der Waals surface area contributed by atoms with Gasteiger partial charge in [0.2, 0.25) is 0 Å². The molecule has 9 rings (SSSR count). The van der Waals surface area contributed by atoms with E-state index < -0.39 is 0 Å². The summed E-state index contributed by atoms with van der Waals surface area (Å²) in [6.45, 7) is 0. The molecule has 0 unspecified atom stereocenters. The van der Waals surface area contributed by atoms with Crippen LogP contribution < -0.4 is 0 Å². The molecule has 3 nitrogen and oxygen atoms in total. The van der Waals surface area contributed by atoms with Gasteiger partial charge in [-0.15, -0.1) is 0 Å². The van der Waals surface area contributed by atoms with Gasteiger partial charge in [0, 0.05) is 27.5 Å². The highest BCUT2D eigenvalue weighted by atomic mass is 15.0. The minimum Gasteiger partial charge on any atom is -0.309 e. The number of fused-ring (bicyclic) bond motifs is 5. The van der Waals surface area contributed by atoms with Crippen molar-refractivity contribution in [3.05, 3.63) is 175 Å². The summed E-state index contributed by atoms with van der Waals surface area (Å²) in [4.78, 5) is 0. The Morgan fingerprint density at radius 1 is 0.347 bits per heavy atom. The average Bonchev–Trinajstić information content (AvgIpc) is 3.51. The predicted molar refractivity (Wildman–Crippen MR) is 202 cm³/mol. The van der Waals surface area contributed by atoms with Crippen LogP contribution in [0.5, 0.6) is 0 Å². The van der Waals surface area contributed by atoms with Crippen LogP contribution in [-0.2, 0) is 0 Å². The van der Waals surface area contributed by atoms with E-state index in [1.807, 2.05) is 42.5 Å². The van der Waals surface area contributed by atoms with Gasteiger partial charge in [-0.2, -0.15) is 10.5 Å². The first kappa shape index (κ1) is 28.3. The van der Waals surface area contributed by atoms with E-state index in [9.17, 15) is 10.5 Å². The molecule has 8 aromatic carbocycles. The van der Waals surface area contributed by atoms with Crippen LogP contribution >= 0.6 is 0 Å². The standard InChI is InChI=1S/C46H27N3/c47-28-40-31(32-16-8-11-23-42(32)49-43-24-12-9-17-33(43)34-18-10-13-25-44(34)49)26-27-39(41(40)29-48)46-37-21-6-4-19-35(37)45(30-14-2-1-3-15-30)36-20-5-7-22-38(36)46/h1-27H. The summed E-state index contributed by atoms with van der Waals surface area (Å²) in [5.74, 6) is 0. The normalized spacial score (nSPS) is 11.2. The zero-order valence-electron chi connectivity index (χ0n) is 26.4. The Morgan fingerprint density at radius 2 is 0.776 bits per heavy atom. The molecule has 3 heteroatoms. The van der Waals surface area contributed by atoms with Crippen LogP contribution in [0.4, 0.5) is 0 Å². The van der Waals surface area contributed by atoms with E-state index in [0.717, 1.165) is 71.6 Å². The van der Waals surface area contributed by atoms with Crippen molar-refractivity contribution in [2.24, 2.45) is 0 Å². The lowest BCUT2D eigenvalue weighted by Crippen LogP contribution is -2.00. The fraction of sp³-hybridized carbons (Fsp3) is 0. The third-order valence-electron chi connectivity index (χ3n) is 9.71. The van der Waals surface area contributed by atoms with Gasteiger partial charge in [0.25, 0.3) is 0 Å². The number of hydrogen-bond donors (Lipinski definition) is 0. The summed E-state index contributed by atoms with van der Waals surface area (Å²) in [5, 5.41) is 28.3. The number of aromatic nitrogens is 1. The number of rotatable bonds is 4. The predicted octanol–water partition coefficient (Wildman–Crippen LogP) is 11.8. The van der Waals surface area contributed by atoms with Crippen LogP contribution in [0.2, 0.25) is 0 Å². The quantitative estimate of drug-likeness (QED) is 0.184. The third kappa shape index (κ3) is 4.27. The minimum atomic E-state index is 0.369. The van der Waals surface area contributed by atoms with Crippen molar-refractivity contribution in [3.8, 4) is 51.2 Å². The molecule has 0 amide bonds.